The lowest BCUT2D eigenvalue weighted by atomic mass is 9.96. The van der Waals surface area contributed by atoms with Gasteiger partial charge in [0, 0.05) is 12.2 Å². The molecule has 0 heterocycles. The fourth-order valence-corrected chi connectivity index (χ4v) is 3.49. The summed E-state index contributed by atoms with van der Waals surface area (Å²) >= 11 is 0. The first-order chi connectivity index (χ1) is 15.9. The Bertz CT molecular complexity index is 1030. The lowest BCUT2D eigenvalue weighted by Crippen LogP contribution is -2.47. The van der Waals surface area contributed by atoms with Crippen molar-refractivity contribution in [2.75, 3.05) is 25.0 Å². The Morgan fingerprint density at radius 3 is 2.32 bits per heavy atom. The van der Waals surface area contributed by atoms with Crippen molar-refractivity contribution in [3.05, 3.63) is 64.7 Å². The minimum absolute atomic E-state index is 0.0892. The van der Waals surface area contributed by atoms with Gasteiger partial charge in [0.25, 0.3) is 5.91 Å². The predicted molar refractivity (Wildman–Crippen MR) is 132 cm³/mol. The van der Waals surface area contributed by atoms with Gasteiger partial charge in [-0.05, 0) is 64.3 Å². The van der Waals surface area contributed by atoms with Crippen LogP contribution in [0.1, 0.15) is 49.1 Å². The summed E-state index contributed by atoms with van der Waals surface area (Å²) in [7, 11) is 0. The van der Waals surface area contributed by atoms with Crippen molar-refractivity contribution in [2.45, 2.75) is 53.2 Å². The quantitative estimate of drug-likeness (QED) is 0.547. The molecule has 34 heavy (non-hydrogen) atoms. The average molecular weight is 470 g/mol. The summed E-state index contributed by atoms with van der Waals surface area (Å²) in [6.45, 7) is 9.99. The van der Waals surface area contributed by atoms with Gasteiger partial charge in [-0.25, -0.2) is 4.79 Å². The number of carbonyl (C=O) groups is 3. The van der Waals surface area contributed by atoms with Crippen LogP contribution in [-0.4, -0.2) is 53.2 Å². The molecule has 8 nitrogen and oxygen atoms in total. The number of ether oxygens (including phenoxy) is 1. The van der Waals surface area contributed by atoms with Crippen LogP contribution in [0.2, 0.25) is 0 Å². The highest BCUT2D eigenvalue weighted by molar-refractivity contribution is 5.99. The van der Waals surface area contributed by atoms with Gasteiger partial charge in [0.15, 0.2) is 0 Å². The van der Waals surface area contributed by atoms with Crippen LogP contribution in [0.25, 0.3) is 0 Å². The highest BCUT2D eigenvalue weighted by Gasteiger charge is 2.33. The molecule has 0 aliphatic heterocycles. The van der Waals surface area contributed by atoms with Crippen molar-refractivity contribution in [1.82, 2.24) is 10.2 Å². The average Bonchev–Trinajstić information content (AvgIpc) is 2.74. The Labute approximate surface area is 201 Å². The number of para-hydroxylation sites is 1. The van der Waals surface area contributed by atoms with Gasteiger partial charge in [0.2, 0.25) is 5.91 Å². The van der Waals surface area contributed by atoms with E-state index in [1.165, 1.54) is 4.90 Å². The molecule has 184 valence electrons. The Morgan fingerprint density at radius 1 is 1.03 bits per heavy atom. The van der Waals surface area contributed by atoms with Crippen LogP contribution in [0, 0.1) is 20.8 Å². The van der Waals surface area contributed by atoms with Crippen molar-refractivity contribution in [3.63, 3.8) is 0 Å². The maximum atomic E-state index is 13.6. The van der Waals surface area contributed by atoms with E-state index in [0.29, 0.717) is 11.3 Å². The number of amides is 3. The van der Waals surface area contributed by atoms with E-state index in [-0.39, 0.29) is 19.7 Å². The smallest absolute Gasteiger partial charge is 0.408 e. The monoisotopic (exact) mass is 469 g/mol. The van der Waals surface area contributed by atoms with Gasteiger partial charge in [-0.2, -0.15) is 0 Å². The van der Waals surface area contributed by atoms with Crippen LogP contribution >= 0.6 is 0 Å². The van der Waals surface area contributed by atoms with Crippen molar-refractivity contribution in [3.8, 4) is 0 Å². The summed E-state index contributed by atoms with van der Waals surface area (Å²) in [4.78, 5) is 40.1. The van der Waals surface area contributed by atoms with Gasteiger partial charge in [-0.1, -0.05) is 42.0 Å². The molecule has 3 amide bonds. The molecule has 8 heteroatoms. The largest absolute Gasteiger partial charge is 0.444 e. The van der Waals surface area contributed by atoms with Crippen LogP contribution < -0.4 is 10.6 Å². The summed E-state index contributed by atoms with van der Waals surface area (Å²) in [6.07, 6.45) is -0.738. The van der Waals surface area contributed by atoms with E-state index in [9.17, 15) is 19.5 Å². The summed E-state index contributed by atoms with van der Waals surface area (Å²) in [5.74, 6) is -0.937. The Hall–Kier alpha value is -3.39. The third-order valence-electron chi connectivity index (χ3n) is 5.14. The van der Waals surface area contributed by atoms with Gasteiger partial charge in [-0.3, -0.25) is 9.59 Å². The van der Waals surface area contributed by atoms with E-state index in [1.54, 1.807) is 26.8 Å². The molecule has 0 saturated heterocycles. The maximum absolute atomic E-state index is 13.6. The molecule has 3 N–H and O–H groups in total. The van der Waals surface area contributed by atoms with Crippen LogP contribution in [0.4, 0.5) is 10.5 Å². The number of rotatable bonds is 8. The van der Waals surface area contributed by atoms with E-state index in [0.717, 1.165) is 16.7 Å². The second-order valence-corrected chi connectivity index (χ2v) is 9.23. The zero-order chi connectivity index (χ0) is 25.5. The third kappa shape index (κ3) is 7.59. The third-order valence-corrected chi connectivity index (χ3v) is 5.14. The van der Waals surface area contributed by atoms with Crippen LogP contribution in [0.5, 0.6) is 0 Å². The fraction of sp³-hybridized carbons (Fsp3) is 0.423. The maximum Gasteiger partial charge on any atom is 0.408 e. The summed E-state index contributed by atoms with van der Waals surface area (Å²) in [5, 5.41) is 15.1. The number of alkyl carbamates (subject to hydrolysis) is 1. The van der Waals surface area contributed by atoms with Crippen molar-refractivity contribution < 1.29 is 24.2 Å². The van der Waals surface area contributed by atoms with E-state index in [2.05, 4.69) is 10.6 Å². The molecular weight excluding hydrogens is 434 g/mol. The predicted octanol–water partition coefficient (Wildman–Crippen LogP) is 3.64. The minimum Gasteiger partial charge on any atom is -0.444 e. The summed E-state index contributed by atoms with van der Waals surface area (Å²) in [5.41, 5.74) is 3.19. The van der Waals surface area contributed by atoms with Crippen molar-refractivity contribution in [1.29, 1.82) is 0 Å². The van der Waals surface area contributed by atoms with Gasteiger partial charge < -0.3 is 25.4 Å². The Balaban J connectivity index is 2.39. The van der Waals surface area contributed by atoms with E-state index in [1.807, 2.05) is 57.2 Å². The second-order valence-electron chi connectivity index (χ2n) is 9.23. The minimum atomic E-state index is -1.01. The molecular formula is C26H35N3O5. The molecule has 0 aliphatic carbocycles. The number of aliphatic hydroxyl groups is 1. The first kappa shape index (κ1) is 26.9. The molecule has 2 aromatic carbocycles. The van der Waals surface area contributed by atoms with Crippen LogP contribution in [-0.2, 0) is 14.3 Å². The molecule has 0 bridgehead atoms. The number of nitrogens with one attached hydrogen (secondary N) is 2. The van der Waals surface area contributed by atoms with Gasteiger partial charge >= 0.3 is 6.09 Å². The van der Waals surface area contributed by atoms with E-state index in [4.69, 9.17) is 4.74 Å². The number of aliphatic hydroxyl groups excluding tert-OH is 1. The molecule has 2 aromatic rings. The highest BCUT2D eigenvalue weighted by Crippen LogP contribution is 2.28. The lowest BCUT2D eigenvalue weighted by molar-refractivity contribution is -0.138. The standard InChI is InChI=1S/C26H35N3O5/c1-17-11-12-18(2)20(15-17)23(24(32)28-21-10-8-7-9-19(21)3)29(13-14-30)22(31)16-27-25(33)34-26(4,5)6/h7-12,15,23,30H,13-14,16H2,1-6H3,(H,27,33)(H,28,32). The number of anilines is 1. The van der Waals surface area contributed by atoms with Gasteiger partial charge in [0.05, 0.1) is 6.61 Å². The first-order valence-electron chi connectivity index (χ1n) is 11.2. The number of hydrogen-bond donors (Lipinski definition) is 3. The summed E-state index contributed by atoms with van der Waals surface area (Å²) < 4.78 is 5.20. The molecule has 0 fully saturated rings. The molecule has 1 atom stereocenters. The summed E-state index contributed by atoms with van der Waals surface area (Å²) in [6, 6.07) is 12.0. The van der Waals surface area contributed by atoms with Crippen LogP contribution in [0.15, 0.2) is 42.5 Å². The Morgan fingerprint density at radius 2 is 1.71 bits per heavy atom. The molecule has 0 aliphatic rings. The number of nitrogens with zero attached hydrogens (tertiary/aromatic N) is 1. The van der Waals surface area contributed by atoms with E-state index >= 15 is 0 Å². The van der Waals surface area contributed by atoms with E-state index < -0.39 is 29.6 Å². The first-order valence-corrected chi connectivity index (χ1v) is 11.2. The molecule has 0 saturated carbocycles. The number of hydrogen-bond acceptors (Lipinski definition) is 5. The highest BCUT2D eigenvalue weighted by atomic mass is 16.6. The second kappa shape index (κ2) is 11.7. The number of aryl methyl sites for hydroxylation is 3. The van der Waals surface area contributed by atoms with Crippen molar-refractivity contribution in [2.24, 2.45) is 0 Å². The zero-order valence-electron chi connectivity index (χ0n) is 20.8. The SMILES string of the molecule is Cc1ccc(C)c(C(C(=O)Nc2ccccc2C)N(CCO)C(=O)CNC(=O)OC(C)(C)C)c1. The van der Waals surface area contributed by atoms with Gasteiger partial charge in [-0.15, -0.1) is 0 Å². The normalized spacial score (nSPS) is 12.0. The zero-order valence-corrected chi connectivity index (χ0v) is 20.8. The molecule has 0 spiro atoms. The molecule has 2 rings (SSSR count). The van der Waals surface area contributed by atoms with Gasteiger partial charge in [0.1, 0.15) is 18.2 Å². The lowest BCUT2D eigenvalue weighted by Gasteiger charge is -2.32. The van der Waals surface area contributed by atoms with Crippen molar-refractivity contribution >= 4 is 23.6 Å². The number of benzene rings is 2. The number of carbonyl (C=O) groups excluding carboxylic acids is 3. The Kier molecular flexibility index (Phi) is 9.20. The van der Waals surface area contributed by atoms with Crippen LogP contribution in [0.3, 0.4) is 0 Å². The molecule has 1 unspecified atom stereocenters. The molecule has 0 radical (unpaired) electrons. The topological polar surface area (TPSA) is 108 Å². The molecule has 0 aromatic heterocycles. The fourth-order valence-electron chi connectivity index (χ4n) is 3.49.